The summed E-state index contributed by atoms with van der Waals surface area (Å²) in [6.07, 6.45) is 3.64. The third-order valence-corrected chi connectivity index (χ3v) is 11.3. The molecule has 2 aromatic carbocycles. The molecular formula is C39H44N8O5. The number of carbonyl (C=O) groups excluding carboxylic acids is 4. The van der Waals surface area contributed by atoms with Crippen molar-refractivity contribution in [2.75, 3.05) is 7.11 Å². The molecular weight excluding hydrogens is 660 g/mol. The van der Waals surface area contributed by atoms with Gasteiger partial charge >= 0.3 is 6.09 Å². The average Bonchev–Trinajstić information content (AvgIpc) is 3.79. The maximum atomic E-state index is 13.8. The second-order valence-electron chi connectivity index (χ2n) is 15.4. The molecule has 2 aromatic heterocycles. The van der Waals surface area contributed by atoms with Gasteiger partial charge in [-0.3, -0.25) is 14.4 Å². The van der Waals surface area contributed by atoms with Crippen molar-refractivity contribution in [1.82, 2.24) is 40.4 Å². The van der Waals surface area contributed by atoms with Gasteiger partial charge in [0.25, 0.3) is 0 Å². The van der Waals surface area contributed by atoms with E-state index in [2.05, 4.69) is 32.4 Å². The summed E-state index contributed by atoms with van der Waals surface area (Å²) in [7, 11) is 1.30. The highest BCUT2D eigenvalue weighted by atomic mass is 16.5. The molecule has 4 N–H and O–H groups in total. The number of rotatable bonds is 9. The number of H-pyrrole nitrogens is 2. The van der Waals surface area contributed by atoms with Crippen molar-refractivity contribution in [2.24, 2.45) is 23.7 Å². The van der Waals surface area contributed by atoms with Gasteiger partial charge in [-0.05, 0) is 85.8 Å². The molecule has 8 atom stereocenters. The Kier molecular flexibility index (Phi) is 8.43. The predicted molar refractivity (Wildman–Crippen MR) is 192 cm³/mol. The Bertz CT molecular complexity index is 2140. The van der Waals surface area contributed by atoms with E-state index in [1.807, 2.05) is 73.9 Å². The summed E-state index contributed by atoms with van der Waals surface area (Å²) in [5.41, 5.74) is 4.94. The molecule has 0 spiro atoms. The number of ether oxygens (including phenoxy) is 1. The zero-order valence-corrected chi connectivity index (χ0v) is 30.0. The van der Waals surface area contributed by atoms with E-state index < -0.39 is 18.2 Å². The van der Waals surface area contributed by atoms with E-state index in [9.17, 15) is 19.2 Å². The van der Waals surface area contributed by atoms with Crippen molar-refractivity contribution in [2.45, 2.75) is 89.6 Å². The van der Waals surface area contributed by atoms with Crippen LogP contribution in [0.1, 0.15) is 88.2 Å². The molecule has 4 heterocycles. The van der Waals surface area contributed by atoms with E-state index in [1.54, 1.807) is 0 Å². The minimum Gasteiger partial charge on any atom is -0.453 e. The summed E-state index contributed by atoms with van der Waals surface area (Å²) in [6.45, 7) is 7.71. The lowest BCUT2D eigenvalue weighted by Gasteiger charge is -2.31. The highest BCUT2D eigenvalue weighted by Crippen LogP contribution is 2.54. The second-order valence-corrected chi connectivity index (χ2v) is 15.4. The molecule has 13 nitrogen and oxygen atoms in total. The first-order valence-corrected chi connectivity index (χ1v) is 18.2. The second kappa shape index (κ2) is 13.0. The number of aromatic amines is 2. The molecule has 2 aliphatic carbocycles. The van der Waals surface area contributed by atoms with Crippen molar-refractivity contribution in [3.8, 4) is 11.8 Å². The van der Waals surface area contributed by atoms with E-state index in [0.29, 0.717) is 18.2 Å². The summed E-state index contributed by atoms with van der Waals surface area (Å²) in [5, 5.41) is 5.45. The number of fused-ring (bicyclic) bond motifs is 4. The molecule has 2 saturated carbocycles. The van der Waals surface area contributed by atoms with Crippen molar-refractivity contribution in [3.63, 3.8) is 0 Å². The van der Waals surface area contributed by atoms with Crippen molar-refractivity contribution < 1.29 is 23.9 Å². The third kappa shape index (κ3) is 6.03. The van der Waals surface area contributed by atoms with Crippen LogP contribution in [0.4, 0.5) is 4.79 Å². The smallest absolute Gasteiger partial charge is 0.407 e. The van der Waals surface area contributed by atoms with E-state index in [1.165, 1.54) is 7.11 Å². The highest BCUT2D eigenvalue weighted by molar-refractivity contribution is 5.88. The fourth-order valence-electron chi connectivity index (χ4n) is 8.35. The number of nitrogens with one attached hydrogen (secondary N) is 4. The largest absolute Gasteiger partial charge is 0.453 e. The maximum Gasteiger partial charge on any atom is 0.407 e. The molecule has 52 heavy (non-hydrogen) atoms. The Labute approximate surface area is 301 Å². The first kappa shape index (κ1) is 33.7. The number of methoxy groups -OCH3 is 1. The molecule has 8 rings (SSSR count). The fraction of sp³-hybridized carbons (Fsp3) is 0.487. The molecule has 4 aliphatic rings. The molecule has 2 saturated heterocycles. The Balaban J connectivity index is 0.998. The lowest BCUT2D eigenvalue weighted by atomic mass is 10.0. The number of alkyl carbamates (subject to hydrolysis) is 1. The minimum absolute atomic E-state index is 0.0244. The normalized spacial score (nSPS) is 25.4. The van der Waals surface area contributed by atoms with Crippen LogP contribution in [-0.2, 0) is 19.1 Å². The van der Waals surface area contributed by atoms with Gasteiger partial charge in [0.05, 0.1) is 41.3 Å². The van der Waals surface area contributed by atoms with Gasteiger partial charge in [0.2, 0.25) is 18.2 Å². The predicted octanol–water partition coefficient (Wildman–Crippen LogP) is 4.31. The van der Waals surface area contributed by atoms with Crippen LogP contribution >= 0.6 is 0 Å². The zero-order valence-electron chi connectivity index (χ0n) is 30.0. The number of aromatic nitrogens is 4. The Morgan fingerprint density at radius 2 is 1.27 bits per heavy atom. The van der Waals surface area contributed by atoms with Gasteiger partial charge in [0, 0.05) is 23.2 Å². The first-order chi connectivity index (χ1) is 25.0. The van der Waals surface area contributed by atoms with Crippen molar-refractivity contribution in [1.29, 1.82) is 0 Å². The van der Waals surface area contributed by atoms with Crippen LogP contribution in [0.15, 0.2) is 36.4 Å². The molecule has 4 amide bonds. The summed E-state index contributed by atoms with van der Waals surface area (Å²) in [5.74, 6) is 8.67. The molecule has 0 bridgehead atoms. The monoisotopic (exact) mass is 704 g/mol. The lowest BCUT2D eigenvalue weighted by molar-refractivity contribution is -0.138. The summed E-state index contributed by atoms with van der Waals surface area (Å²) >= 11 is 0. The Morgan fingerprint density at radius 3 is 1.71 bits per heavy atom. The van der Waals surface area contributed by atoms with Crippen molar-refractivity contribution in [3.05, 3.63) is 59.2 Å². The van der Waals surface area contributed by atoms with Crippen LogP contribution in [-0.4, -0.2) is 85.3 Å². The number of benzene rings is 2. The SMILES string of the molecule is COC(=O)NC(C(=O)N1C2C[C@@H]2C[C@H]1c1nc2ccc(C#Cc3ccc4nc([C@@H]5C[C@H]6CC6N5C(=O)C(NC=O)C(C)C)[nH]c4c3)cc2[nH]1)C(C)C. The Morgan fingerprint density at radius 1 is 0.788 bits per heavy atom. The maximum absolute atomic E-state index is 13.8. The summed E-state index contributed by atoms with van der Waals surface area (Å²) in [6, 6.07) is 10.5. The number of carbonyl (C=O) groups is 4. The van der Waals surface area contributed by atoms with Crippen LogP contribution < -0.4 is 10.6 Å². The molecule has 270 valence electrons. The van der Waals surface area contributed by atoms with Gasteiger partial charge in [-0.1, -0.05) is 39.5 Å². The van der Waals surface area contributed by atoms with Crippen molar-refractivity contribution >= 4 is 46.4 Å². The minimum atomic E-state index is -0.686. The topological polar surface area (TPSA) is 165 Å². The fourth-order valence-corrected chi connectivity index (χ4v) is 8.35. The number of amides is 4. The van der Waals surface area contributed by atoms with E-state index in [4.69, 9.17) is 14.7 Å². The van der Waals surface area contributed by atoms with Crippen LogP contribution in [0, 0.1) is 35.5 Å². The first-order valence-electron chi connectivity index (χ1n) is 18.2. The molecule has 13 heteroatoms. The van der Waals surface area contributed by atoms with Crippen LogP contribution in [0.5, 0.6) is 0 Å². The van der Waals surface area contributed by atoms with Gasteiger partial charge < -0.3 is 35.1 Å². The van der Waals surface area contributed by atoms with Crippen LogP contribution in [0.2, 0.25) is 0 Å². The standard InChI is InChI=1S/C39H44N8O5/c1-19(2)33(40-18-48)37(49)46-29-14-23(29)16-31(46)35-41-25-10-8-21(12-27(25)43-35)6-7-22-9-11-26-28(13-22)44-36(42-26)32-17-24-15-30(24)47(32)38(50)34(20(3)4)45-39(51)52-5/h8-13,18-20,23-24,29-34H,14-17H2,1-5H3,(H,40,48)(H,41,43)(H,42,44)(H,45,51)/t23-,24-,29?,30?,31+,32+,33?,34?/m1/s1. The van der Waals surface area contributed by atoms with E-state index >= 15 is 0 Å². The highest BCUT2D eigenvalue weighted by Gasteiger charge is 2.57. The molecule has 4 fully saturated rings. The van der Waals surface area contributed by atoms with E-state index in [-0.39, 0.29) is 47.8 Å². The number of piperidine rings is 2. The van der Waals surface area contributed by atoms with Gasteiger partial charge in [-0.25, -0.2) is 14.8 Å². The van der Waals surface area contributed by atoms with Gasteiger partial charge in [-0.15, -0.1) is 0 Å². The van der Waals surface area contributed by atoms with E-state index in [0.717, 1.165) is 70.5 Å². The zero-order chi connectivity index (χ0) is 36.4. The number of imidazole rings is 2. The van der Waals surface area contributed by atoms with Gasteiger partial charge in [0.15, 0.2) is 0 Å². The number of likely N-dealkylation sites (tertiary alicyclic amines) is 2. The number of hydrogen-bond acceptors (Lipinski definition) is 7. The number of nitrogens with zero attached hydrogens (tertiary/aromatic N) is 4. The Hall–Kier alpha value is -5.38. The van der Waals surface area contributed by atoms with Gasteiger partial charge in [-0.2, -0.15) is 0 Å². The average molecular weight is 705 g/mol. The van der Waals surface area contributed by atoms with Crippen LogP contribution in [0.25, 0.3) is 22.1 Å². The van der Waals surface area contributed by atoms with Crippen LogP contribution in [0.3, 0.4) is 0 Å². The lowest BCUT2D eigenvalue weighted by Crippen LogP contribution is -2.52. The molecule has 0 radical (unpaired) electrons. The van der Waals surface area contributed by atoms with Gasteiger partial charge in [0.1, 0.15) is 23.7 Å². The molecule has 4 aromatic rings. The summed E-state index contributed by atoms with van der Waals surface area (Å²) in [4.78, 5) is 71.2. The quantitative estimate of drug-likeness (QED) is 0.149. The molecule has 4 unspecified atom stereocenters. The summed E-state index contributed by atoms with van der Waals surface area (Å²) < 4.78 is 4.79. The third-order valence-electron chi connectivity index (χ3n) is 11.3. The molecule has 2 aliphatic heterocycles. The number of hydrogen-bond donors (Lipinski definition) is 4.